The molecule has 0 unspecified atom stereocenters. The first-order valence-electron chi connectivity index (χ1n) is 5.32. The summed E-state index contributed by atoms with van der Waals surface area (Å²) in [7, 11) is 1.34. The van der Waals surface area contributed by atoms with Crippen molar-refractivity contribution in [2.24, 2.45) is 0 Å². The predicted molar refractivity (Wildman–Crippen MR) is 63.0 cm³/mol. The Hall–Kier alpha value is -1.71. The molecule has 1 rings (SSSR count). The van der Waals surface area contributed by atoms with Gasteiger partial charge in [-0.1, -0.05) is 6.92 Å². The molecule has 88 valence electrons. The monoisotopic (exact) mass is 223 g/mol. The van der Waals surface area contributed by atoms with E-state index in [9.17, 15) is 4.79 Å². The van der Waals surface area contributed by atoms with Crippen LogP contribution < -0.4 is 10.1 Å². The van der Waals surface area contributed by atoms with Crippen molar-refractivity contribution >= 4 is 11.8 Å². The number of amides is 1. The highest BCUT2D eigenvalue weighted by Crippen LogP contribution is 2.23. The lowest BCUT2D eigenvalue weighted by Crippen LogP contribution is -2.11. The van der Waals surface area contributed by atoms with Crippen molar-refractivity contribution in [1.82, 2.24) is 0 Å². The molecular formula is C12H17NO3. The molecule has 0 fully saturated rings. The summed E-state index contributed by atoms with van der Waals surface area (Å²) < 4.78 is 9.99. The number of carbonyl (C=O) groups is 1. The fourth-order valence-corrected chi connectivity index (χ4v) is 1.40. The third kappa shape index (κ3) is 3.15. The number of hydrogen-bond acceptors (Lipinski definition) is 3. The average molecular weight is 223 g/mol. The summed E-state index contributed by atoms with van der Waals surface area (Å²) in [5.41, 5.74) is 1.78. The first-order chi connectivity index (χ1) is 7.71. The molecule has 1 amide bonds. The van der Waals surface area contributed by atoms with Crippen LogP contribution in [-0.4, -0.2) is 19.8 Å². The Kier molecular flexibility index (Phi) is 4.64. The van der Waals surface area contributed by atoms with E-state index in [1.54, 1.807) is 6.07 Å². The van der Waals surface area contributed by atoms with Gasteiger partial charge in [0.15, 0.2) is 0 Å². The maximum Gasteiger partial charge on any atom is 0.411 e. The highest BCUT2D eigenvalue weighted by atomic mass is 16.5. The van der Waals surface area contributed by atoms with Crippen molar-refractivity contribution in [2.75, 3.05) is 19.0 Å². The summed E-state index contributed by atoms with van der Waals surface area (Å²) in [6, 6.07) is 5.54. The van der Waals surface area contributed by atoms with Gasteiger partial charge in [0.2, 0.25) is 0 Å². The minimum Gasteiger partial charge on any atom is -0.494 e. The topological polar surface area (TPSA) is 47.6 Å². The predicted octanol–water partition coefficient (Wildman–Crippen LogP) is 2.83. The highest BCUT2D eigenvalue weighted by Gasteiger charge is 2.05. The number of hydrogen-bond donors (Lipinski definition) is 1. The Bertz CT molecular complexity index is 363. The van der Waals surface area contributed by atoms with Crippen LogP contribution in [0, 0.1) is 0 Å². The van der Waals surface area contributed by atoms with E-state index in [4.69, 9.17) is 4.74 Å². The fraction of sp³-hybridized carbons (Fsp3) is 0.417. The zero-order valence-corrected chi connectivity index (χ0v) is 9.87. The first-order valence-corrected chi connectivity index (χ1v) is 5.32. The summed E-state index contributed by atoms with van der Waals surface area (Å²) >= 11 is 0. The number of nitrogens with one attached hydrogen (secondary N) is 1. The molecule has 0 saturated heterocycles. The van der Waals surface area contributed by atoms with E-state index in [-0.39, 0.29) is 0 Å². The standard InChI is InChI=1S/C12H17NO3/c1-4-9-8-10(13-12(14)15-3)6-7-11(9)16-5-2/h6-8H,4-5H2,1-3H3,(H,13,14). The van der Waals surface area contributed by atoms with Crippen molar-refractivity contribution in [3.8, 4) is 5.75 Å². The molecule has 0 aliphatic rings. The molecule has 0 radical (unpaired) electrons. The quantitative estimate of drug-likeness (QED) is 0.853. The van der Waals surface area contributed by atoms with Gasteiger partial charge in [0.25, 0.3) is 0 Å². The van der Waals surface area contributed by atoms with E-state index >= 15 is 0 Å². The Morgan fingerprint density at radius 1 is 1.38 bits per heavy atom. The first kappa shape index (κ1) is 12.4. The SMILES string of the molecule is CCOc1ccc(NC(=O)OC)cc1CC. The zero-order valence-electron chi connectivity index (χ0n) is 9.87. The number of anilines is 1. The molecule has 0 atom stereocenters. The van der Waals surface area contributed by atoms with Crippen LogP contribution in [0.3, 0.4) is 0 Å². The summed E-state index contributed by atoms with van der Waals surface area (Å²) in [5.74, 6) is 0.861. The van der Waals surface area contributed by atoms with E-state index in [0.717, 1.165) is 17.7 Å². The maximum atomic E-state index is 11.0. The second-order valence-electron chi connectivity index (χ2n) is 3.23. The second kappa shape index (κ2) is 6.00. The molecule has 0 aliphatic carbocycles. The van der Waals surface area contributed by atoms with Crippen molar-refractivity contribution in [3.63, 3.8) is 0 Å². The highest BCUT2D eigenvalue weighted by molar-refractivity contribution is 5.84. The molecular weight excluding hydrogens is 206 g/mol. The van der Waals surface area contributed by atoms with Crippen LogP contribution >= 0.6 is 0 Å². The number of ether oxygens (including phenoxy) is 2. The Morgan fingerprint density at radius 2 is 2.12 bits per heavy atom. The van der Waals surface area contributed by atoms with Crippen LogP contribution in [0.15, 0.2) is 18.2 Å². The minimum absolute atomic E-state index is 0.466. The second-order valence-corrected chi connectivity index (χ2v) is 3.23. The lowest BCUT2D eigenvalue weighted by atomic mass is 10.1. The summed E-state index contributed by atoms with van der Waals surface area (Å²) in [6.45, 7) is 4.62. The molecule has 4 nitrogen and oxygen atoms in total. The van der Waals surface area contributed by atoms with Gasteiger partial charge < -0.3 is 9.47 Å². The van der Waals surface area contributed by atoms with Crippen LogP contribution in [0.25, 0.3) is 0 Å². The van der Waals surface area contributed by atoms with Crippen molar-refractivity contribution < 1.29 is 14.3 Å². The lowest BCUT2D eigenvalue weighted by molar-refractivity contribution is 0.187. The molecule has 1 aromatic rings. The van der Waals surface area contributed by atoms with E-state index in [2.05, 4.69) is 10.1 Å². The van der Waals surface area contributed by atoms with Gasteiger partial charge in [-0.25, -0.2) is 4.79 Å². The van der Waals surface area contributed by atoms with E-state index in [1.165, 1.54) is 7.11 Å². The van der Waals surface area contributed by atoms with E-state index < -0.39 is 6.09 Å². The van der Waals surface area contributed by atoms with Crippen LogP contribution in [0.4, 0.5) is 10.5 Å². The zero-order chi connectivity index (χ0) is 12.0. The molecule has 0 aromatic heterocycles. The molecule has 0 bridgehead atoms. The van der Waals surface area contributed by atoms with Crippen LogP contribution in [0.5, 0.6) is 5.75 Å². The normalized spacial score (nSPS) is 9.69. The number of aryl methyl sites for hydroxylation is 1. The van der Waals surface area contributed by atoms with Gasteiger partial charge >= 0.3 is 6.09 Å². The maximum absolute atomic E-state index is 11.0. The number of rotatable bonds is 4. The third-order valence-electron chi connectivity index (χ3n) is 2.17. The molecule has 1 N–H and O–H groups in total. The average Bonchev–Trinajstić information content (AvgIpc) is 2.31. The van der Waals surface area contributed by atoms with Crippen molar-refractivity contribution in [3.05, 3.63) is 23.8 Å². The van der Waals surface area contributed by atoms with Gasteiger partial charge in [0.1, 0.15) is 5.75 Å². The molecule has 0 spiro atoms. The fourth-order valence-electron chi connectivity index (χ4n) is 1.40. The molecule has 16 heavy (non-hydrogen) atoms. The summed E-state index contributed by atoms with van der Waals surface area (Å²) in [6.07, 6.45) is 0.387. The Morgan fingerprint density at radius 3 is 2.69 bits per heavy atom. The molecule has 0 heterocycles. The van der Waals surface area contributed by atoms with Gasteiger partial charge in [-0.3, -0.25) is 5.32 Å². The van der Waals surface area contributed by atoms with Gasteiger partial charge in [0, 0.05) is 5.69 Å². The van der Waals surface area contributed by atoms with E-state index in [1.807, 2.05) is 26.0 Å². The van der Waals surface area contributed by atoms with Gasteiger partial charge in [-0.15, -0.1) is 0 Å². The molecule has 4 heteroatoms. The molecule has 0 aliphatic heterocycles. The molecule has 1 aromatic carbocycles. The lowest BCUT2D eigenvalue weighted by Gasteiger charge is -2.11. The van der Waals surface area contributed by atoms with Gasteiger partial charge in [-0.05, 0) is 37.1 Å². The Balaban J connectivity index is 2.86. The number of benzene rings is 1. The van der Waals surface area contributed by atoms with Crippen molar-refractivity contribution in [1.29, 1.82) is 0 Å². The van der Waals surface area contributed by atoms with Crippen LogP contribution in [0.2, 0.25) is 0 Å². The molecule has 0 saturated carbocycles. The number of methoxy groups -OCH3 is 1. The van der Waals surface area contributed by atoms with Crippen LogP contribution in [0.1, 0.15) is 19.4 Å². The summed E-state index contributed by atoms with van der Waals surface area (Å²) in [4.78, 5) is 11.0. The minimum atomic E-state index is -0.466. The largest absolute Gasteiger partial charge is 0.494 e. The smallest absolute Gasteiger partial charge is 0.411 e. The van der Waals surface area contributed by atoms with Gasteiger partial charge in [0.05, 0.1) is 13.7 Å². The Labute approximate surface area is 95.6 Å². The summed E-state index contributed by atoms with van der Waals surface area (Å²) in [5, 5.41) is 2.62. The van der Waals surface area contributed by atoms with Crippen LogP contribution in [-0.2, 0) is 11.2 Å². The third-order valence-corrected chi connectivity index (χ3v) is 2.17. The van der Waals surface area contributed by atoms with Gasteiger partial charge in [-0.2, -0.15) is 0 Å². The van der Waals surface area contributed by atoms with E-state index in [0.29, 0.717) is 12.3 Å². The van der Waals surface area contributed by atoms with Crippen molar-refractivity contribution in [2.45, 2.75) is 20.3 Å². The number of carbonyl (C=O) groups excluding carboxylic acids is 1.